The van der Waals surface area contributed by atoms with Gasteiger partial charge in [0, 0.05) is 26.6 Å². The summed E-state index contributed by atoms with van der Waals surface area (Å²) >= 11 is 0. The summed E-state index contributed by atoms with van der Waals surface area (Å²) in [4.78, 5) is 19.0. The lowest BCUT2D eigenvalue weighted by molar-refractivity contribution is 0.107. The molecule has 16 heavy (non-hydrogen) atoms. The summed E-state index contributed by atoms with van der Waals surface area (Å²) in [5.41, 5.74) is 1.52. The second-order valence-corrected chi connectivity index (χ2v) is 3.84. The number of ether oxygens (including phenoxy) is 2. The second-order valence-electron chi connectivity index (χ2n) is 3.84. The van der Waals surface area contributed by atoms with Crippen molar-refractivity contribution < 1.29 is 9.47 Å². The van der Waals surface area contributed by atoms with E-state index >= 15 is 0 Å². The number of rotatable bonds is 4. The molecule has 1 aromatic heterocycles. The minimum absolute atomic E-state index is 0.0582. The number of hydrogen-bond acceptors (Lipinski definition) is 4. The summed E-state index contributed by atoms with van der Waals surface area (Å²) in [6.45, 7) is 1.72. The number of nitrogens with one attached hydrogen (secondary N) is 1. The van der Waals surface area contributed by atoms with Crippen LogP contribution < -0.4 is 5.56 Å². The van der Waals surface area contributed by atoms with Crippen molar-refractivity contribution in [1.29, 1.82) is 0 Å². The molecule has 1 aromatic rings. The molecule has 0 amide bonds. The van der Waals surface area contributed by atoms with E-state index in [4.69, 9.17) is 9.47 Å². The fourth-order valence-corrected chi connectivity index (χ4v) is 1.80. The zero-order chi connectivity index (χ0) is 11.4. The van der Waals surface area contributed by atoms with Gasteiger partial charge in [0.25, 0.3) is 5.56 Å². The van der Waals surface area contributed by atoms with E-state index in [1.165, 1.54) is 0 Å². The van der Waals surface area contributed by atoms with Crippen LogP contribution in [0.25, 0.3) is 0 Å². The Bertz CT molecular complexity index is 414. The molecule has 1 aliphatic rings. The monoisotopic (exact) mass is 224 g/mol. The van der Waals surface area contributed by atoms with Gasteiger partial charge in [-0.05, 0) is 6.42 Å². The van der Waals surface area contributed by atoms with Crippen LogP contribution in [0, 0.1) is 0 Å². The highest BCUT2D eigenvalue weighted by Gasteiger charge is 2.15. The van der Waals surface area contributed by atoms with Crippen LogP contribution in [-0.2, 0) is 28.9 Å². The minimum Gasteiger partial charge on any atom is -0.385 e. The topological polar surface area (TPSA) is 64.2 Å². The van der Waals surface area contributed by atoms with Gasteiger partial charge in [0.1, 0.15) is 5.82 Å². The number of methoxy groups -OCH3 is 1. The zero-order valence-corrected chi connectivity index (χ0v) is 9.41. The van der Waals surface area contributed by atoms with Crippen molar-refractivity contribution in [3.05, 3.63) is 27.4 Å². The molecule has 0 bridgehead atoms. The van der Waals surface area contributed by atoms with Gasteiger partial charge in [0.15, 0.2) is 0 Å². The van der Waals surface area contributed by atoms with Crippen LogP contribution in [0.4, 0.5) is 0 Å². The number of fused-ring (bicyclic) bond motifs is 1. The van der Waals surface area contributed by atoms with Gasteiger partial charge < -0.3 is 14.5 Å². The molecule has 1 aliphatic heterocycles. The lowest BCUT2D eigenvalue weighted by Gasteiger charge is -2.15. The Balaban J connectivity index is 2.15. The van der Waals surface area contributed by atoms with Crippen LogP contribution in [0.3, 0.4) is 0 Å². The molecule has 0 aliphatic carbocycles. The first-order valence-corrected chi connectivity index (χ1v) is 5.49. The lowest BCUT2D eigenvalue weighted by Crippen LogP contribution is -2.25. The number of hydrogen-bond donors (Lipinski definition) is 1. The third kappa shape index (κ3) is 2.48. The number of H-pyrrole nitrogens is 1. The average Bonchev–Trinajstić information content (AvgIpc) is 2.30. The van der Waals surface area contributed by atoms with E-state index in [1.54, 1.807) is 7.11 Å². The third-order valence-electron chi connectivity index (χ3n) is 2.64. The van der Waals surface area contributed by atoms with Crippen LogP contribution in [-0.4, -0.2) is 30.3 Å². The summed E-state index contributed by atoms with van der Waals surface area (Å²) < 4.78 is 10.2. The molecule has 0 atom stereocenters. The molecule has 0 aromatic carbocycles. The Hall–Kier alpha value is -1.20. The maximum absolute atomic E-state index is 11.7. The standard InChI is InChI=1S/C11H16N2O3/c1-15-5-2-3-10-12-9-4-6-16-7-8(9)11(14)13-10/h2-7H2,1H3,(H,12,13,14). The number of nitrogens with zero attached hydrogens (tertiary/aromatic N) is 1. The van der Waals surface area contributed by atoms with Gasteiger partial charge >= 0.3 is 0 Å². The SMILES string of the molecule is COCCCc1nc2c(c(=O)[nH]1)COCC2. The fraction of sp³-hybridized carbons (Fsp3) is 0.636. The highest BCUT2D eigenvalue weighted by Crippen LogP contribution is 2.10. The Labute approximate surface area is 93.8 Å². The van der Waals surface area contributed by atoms with E-state index < -0.39 is 0 Å². The molecule has 2 heterocycles. The Morgan fingerprint density at radius 2 is 2.44 bits per heavy atom. The summed E-state index contributed by atoms with van der Waals surface area (Å²) in [7, 11) is 1.67. The van der Waals surface area contributed by atoms with Crippen molar-refractivity contribution >= 4 is 0 Å². The number of aromatic nitrogens is 2. The van der Waals surface area contributed by atoms with Gasteiger partial charge in [-0.2, -0.15) is 0 Å². The molecule has 0 fully saturated rings. The van der Waals surface area contributed by atoms with Crippen molar-refractivity contribution in [3.63, 3.8) is 0 Å². The van der Waals surface area contributed by atoms with E-state index in [0.717, 1.165) is 30.8 Å². The van der Waals surface area contributed by atoms with Crippen LogP contribution >= 0.6 is 0 Å². The first-order chi connectivity index (χ1) is 7.81. The largest absolute Gasteiger partial charge is 0.385 e. The van der Waals surface area contributed by atoms with Gasteiger partial charge in [0.05, 0.1) is 24.5 Å². The Morgan fingerprint density at radius 1 is 1.56 bits per heavy atom. The Kier molecular flexibility index (Phi) is 3.69. The maximum Gasteiger partial charge on any atom is 0.256 e. The summed E-state index contributed by atoms with van der Waals surface area (Å²) in [6, 6.07) is 0. The molecule has 0 spiro atoms. The van der Waals surface area contributed by atoms with E-state index in [9.17, 15) is 4.79 Å². The van der Waals surface area contributed by atoms with Crippen molar-refractivity contribution in [2.24, 2.45) is 0 Å². The summed E-state index contributed by atoms with van der Waals surface area (Å²) in [5, 5.41) is 0. The minimum atomic E-state index is -0.0582. The molecule has 5 nitrogen and oxygen atoms in total. The van der Waals surface area contributed by atoms with Crippen molar-refractivity contribution in [3.8, 4) is 0 Å². The van der Waals surface area contributed by atoms with Crippen LogP contribution in [0.2, 0.25) is 0 Å². The van der Waals surface area contributed by atoms with Gasteiger partial charge in [-0.3, -0.25) is 4.79 Å². The first-order valence-electron chi connectivity index (χ1n) is 5.49. The normalized spacial score (nSPS) is 14.8. The highest BCUT2D eigenvalue weighted by atomic mass is 16.5. The third-order valence-corrected chi connectivity index (χ3v) is 2.64. The quantitative estimate of drug-likeness (QED) is 0.753. The molecular weight excluding hydrogens is 208 g/mol. The smallest absolute Gasteiger partial charge is 0.256 e. The summed E-state index contributed by atoms with van der Waals surface area (Å²) in [6.07, 6.45) is 2.35. The molecule has 0 saturated carbocycles. The predicted octanol–water partition coefficient (Wildman–Crippen LogP) is 0.422. The van der Waals surface area contributed by atoms with Crippen LogP contribution in [0.15, 0.2) is 4.79 Å². The summed E-state index contributed by atoms with van der Waals surface area (Å²) in [5.74, 6) is 0.753. The molecular formula is C11H16N2O3. The van der Waals surface area contributed by atoms with Gasteiger partial charge in [-0.15, -0.1) is 0 Å². The van der Waals surface area contributed by atoms with E-state index in [2.05, 4.69) is 9.97 Å². The van der Waals surface area contributed by atoms with Crippen LogP contribution in [0.5, 0.6) is 0 Å². The lowest BCUT2D eigenvalue weighted by atomic mass is 10.1. The average molecular weight is 224 g/mol. The molecule has 1 N–H and O–H groups in total. The first kappa shape index (κ1) is 11.3. The van der Waals surface area contributed by atoms with E-state index in [0.29, 0.717) is 25.4 Å². The zero-order valence-electron chi connectivity index (χ0n) is 9.41. The maximum atomic E-state index is 11.7. The van der Waals surface area contributed by atoms with Gasteiger partial charge in [0.2, 0.25) is 0 Å². The number of aryl methyl sites for hydroxylation is 1. The van der Waals surface area contributed by atoms with Crippen molar-refractivity contribution in [2.75, 3.05) is 20.3 Å². The molecule has 5 heteroatoms. The van der Waals surface area contributed by atoms with E-state index in [-0.39, 0.29) is 5.56 Å². The predicted molar refractivity (Wildman–Crippen MR) is 58.4 cm³/mol. The highest BCUT2D eigenvalue weighted by molar-refractivity contribution is 5.19. The molecule has 0 radical (unpaired) electrons. The van der Waals surface area contributed by atoms with Crippen molar-refractivity contribution in [1.82, 2.24) is 9.97 Å². The van der Waals surface area contributed by atoms with E-state index in [1.807, 2.05) is 0 Å². The van der Waals surface area contributed by atoms with Crippen molar-refractivity contribution in [2.45, 2.75) is 25.9 Å². The van der Waals surface area contributed by atoms with Gasteiger partial charge in [-0.25, -0.2) is 4.98 Å². The molecule has 0 saturated heterocycles. The van der Waals surface area contributed by atoms with Crippen LogP contribution in [0.1, 0.15) is 23.5 Å². The van der Waals surface area contributed by atoms with Gasteiger partial charge in [-0.1, -0.05) is 0 Å². The molecule has 0 unspecified atom stereocenters. The number of aromatic amines is 1. The molecule has 88 valence electrons. The Morgan fingerprint density at radius 3 is 3.25 bits per heavy atom. The molecule has 2 rings (SSSR count). The fourth-order valence-electron chi connectivity index (χ4n) is 1.80. The second kappa shape index (κ2) is 5.23.